The first-order chi connectivity index (χ1) is 15.7. The van der Waals surface area contributed by atoms with Crippen molar-refractivity contribution in [1.29, 1.82) is 0 Å². The number of para-hydroxylation sites is 1. The van der Waals surface area contributed by atoms with Gasteiger partial charge in [-0.05, 0) is 55.9 Å². The first-order valence-electron chi connectivity index (χ1n) is 11.7. The van der Waals surface area contributed by atoms with Crippen molar-refractivity contribution in [2.75, 3.05) is 6.54 Å². The van der Waals surface area contributed by atoms with Crippen molar-refractivity contribution >= 4 is 33.4 Å². The highest BCUT2D eigenvalue weighted by Gasteiger charge is 2.47. The van der Waals surface area contributed by atoms with E-state index in [4.69, 9.17) is 0 Å². The van der Waals surface area contributed by atoms with E-state index in [1.54, 1.807) is 11.3 Å². The van der Waals surface area contributed by atoms with Crippen molar-refractivity contribution in [3.8, 4) is 0 Å². The van der Waals surface area contributed by atoms with Crippen LogP contribution in [0.15, 0.2) is 54.6 Å². The second-order valence-electron chi connectivity index (χ2n) is 8.91. The normalized spacial score (nSPS) is 22.6. The molecule has 1 saturated heterocycles. The van der Waals surface area contributed by atoms with Gasteiger partial charge >= 0.3 is 0 Å². The SMILES string of the molecule is O=C(NCCCc1nc2ccccc2s1)[C@@H]1C[C@H]2CCCC[C@@H]2N1C(=O)c1ccccc1. The van der Waals surface area contributed by atoms with Crippen LogP contribution in [0.25, 0.3) is 10.2 Å². The van der Waals surface area contributed by atoms with Crippen molar-refractivity contribution in [2.24, 2.45) is 5.92 Å². The number of benzene rings is 2. The minimum Gasteiger partial charge on any atom is -0.354 e. The molecule has 1 N–H and O–H groups in total. The second kappa shape index (κ2) is 9.41. The molecule has 0 bridgehead atoms. The Bertz CT molecular complexity index is 1060. The quantitative estimate of drug-likeness (QED) is 0.551. The fraction of sp³-hybridized carbons (Fsp3) is 0.423. The highest BCUT2D eigenvalue weighted by Crippen LogP contribution is 2.40. The summed E-state index contributed by atoms with van der Waals surface area (Å²) in [6.45, 7) is 0.605. The van der Waals surface area contributed by atoms with Crippen molar-refractivity contribution in [3.05, 3.63) is 65.2 Å². The molecule has 5 nitrogen and oxygen atoms in total. The van der Waals surface area contributed by atoms with Gasteiger partial charge in [0.1, 0.15) is 6.04 Å². The molecule has 1 aromatic heterocycles. The molecule has 2 fully saturated rings. The van der Waals surface area contributed by atoms with Crippen LogP contribution in [-0.2, 0) is 11.2 Å². The van der Waals surface area contributed by atoms with Gasteiger partial charge in [0.25, 0.3) is 5.91 Å². The van der Waals surface area contributed by atoms with E-state index in [2.05, 4.69) is 16.4 Å². The van der Waals surface area contributed by atoms with Gasteiger partial charge in [0.15, 0.2) is 0 Å². The van der Waals surface area contributed by atoms with Crippen molar-refractivity contribution < 1.29 is 9.59 Å². The molecule has 1 saturated carbocycles. The van der Waals surface area contributed by atoms with E-state index >= 15 is 0 Å². The fourth-order valence-electron chi connectivity index (χ4n) is 5.31. The minimum atomic E-state index is -0.363. The maximum absolute atomic E-state index is 13.4. The third-order valence-corrected chi connectivity index (χ3v) is 7.95. The number of nitrogens with zero attached hydrogens (tertiary/aromatic N) is 2. The Kier molecular flexibility index (Phi) is 6.21. The standard InChI is InChI=1S/C26H29N3O2S/c30-25(27-16-8-15-24-28-20-12-5-7-14-23(20)32-24)22-17-19-11-4-6-13-21(19)29(22)26(31)18-9-2-1-3-10-18/h1-3,5,7,9-10,12,14,19,21-22H,4,6,8,11,13,15-17H2,(H,27,30)/t19-,21+,22+/m1/s1. The predicted octanol–water partition coefficient (Wildman–Crippen LogP) is 4.82. The van der Waals surface area contributed by atoms with Crippen molar-refractivity contribution in [2.45, 2.75) is 57.0 Å². The lowest BCUT2D eigenvalue weighted by Crippen LogP contribution is -2.49. The number of thiazole rings is 1. The topological polar surface area (TPSA) is 62.3 Å². The number of likely N-dealkylation sites (tertiary alicyclic amines) is 1. The van der Waals surface area contributed by atoms with Gasteiger partial charge in [0.05, 0.1) is 15.2 Å². The maximum Gasteiger partial charge on any atom is 0.254 e. The summed E-state index contributed by atoms with van der Waals surface area (Å²) in [6.07, 6.45) is 6.93. The Hall–Kier alpha value is -2.73. The molecule has 3 aromatic rings. The molecule has 2 aliphatic rings. The Morgan fingerprint density at radius 3 is 2.66 bits per heavy atom. The van der Waals surface area contributed by atoms with Gasteiger partial charge in [-0.15, -0.1) is 11.3 Å². The van der Waals surface area contributed by atoms with Crippen LogP contribution < -0.4 is 5.32 Å². The van der Waals surface area contributed by atoms with Gasteiger partial charge < -0.3 is 10.2 Å². The molecule has 2 aromatic carbocycles. The number of hydrogen-bond donors (Lipinski definition) is 1. The smallest absolute Gasteiger partial charge is 0.254 e. The number of carbonyl (C=O) groups is 2. The zero-order valence-corrected chi connectivity index (χ0v) is 19.0. The zero-order chi connectivity index (χ0) is 21.9. The van der Waals surface area contributed by atoms with Gasteiger partial charge in [-0.3, -0.25) is 9.59 Å². The summed E-state index contributed by atoms with van der Waals surface area (Å²) in [5, 5.41) is 4.22. The maximum atomic E-state index is 13.4. The van der Waals surface area contributed by atoms with Gasteiger partial charge in [-0.25, -0.2) is 4.98 Å². The first-order valence-corrected chi connectivity index (χ1v) is 12.5. The monoisotopic (exact) mass is 447 g/mol. The van der Waals surface area contributed by atoms with E-state index in [0.717, 1.165) is 49.0 Å². The Balaban J connectivity index is 1.22. The van der Waals surface area contributed by atoms with Crippen LogP contribution in [-0.4, -0.2) is 40.3 Å². The minimum absolute atomic E-state index is 0.00498. The summed E-state index contributed by atoms with van der Waals surface area (Å²) in [5.74, 6) is 0.428. The number of rotatable bonds is 6. The lowest BCUT2D eigenvalue weighted by atomic mass is 9.84. The molecule has 1 aliphatic heterocycles. The largest absolute Gasteiger partial charge is 0.354 e. The Morgan fingerprint density at radius 2 is 1.81 bits per heavy atom. The molecule has 2 heterocycles. The first kappa shape index (κ1) is 21.1. The van der Waals surface area contributed by atoms with E-state index in [0.29, 0.717) is 18.0 Å². The number of fused-ring (bicyclic) bond motifs is 2. The summed E-state index contributed by atoms with van der Waals surface area (Å²) >= 11 is 1.72. The number of nitrogens with one attached hydrogen (secondary N) is 1. The van der Waals surface area contributed by atoms with Crippen LogP contribution in [0.4, 0.5) is 0 Å². The molecular weight excluding hydrogens is 418 g/mol. The molecule has 0 spiro atoms. The lowest BCUT2D eigenvalue weighted by Gasteiger charge is -2.33. The molecule has 0 unspecified atom stereocenters. The van der Waals surface area contributed by atoms with E-state index < -0.39 is 0 Å². The van der Waals surface area contributed by atoms with Gasteiger partial charge in [-0.1, -0.05) is 43.2 Å². The molecular formula is C26H29N3O2S. The average molecular weight is 448 g/mol. The number of carbonyl (C=O) groups excluding carboxylic acids is 2. The van der Waals surface area contributed by atoms with Crippen LogP contribution >= 0.6 is 11.3 Å². The second-order valence-corrected chi connectivity index (χ2v) is 10.0. The summed E-state index contributed by atoms with van der Waals surface area (Å²) in [4.78, 5) is 33.1. The molecule has 2 amide bonds. The van der Waals surface area contributed by atoms with Gasteiger partial charge in [0.2, 0.25) is 5.91 Å². The number of aryl methyl sites for hydroxylation is 1. The molecule has 32 heavy (non-hydrogen) atoms. The van der Waals surface area contributed by atoms with E-state index in [9.17, 15) is 9.59 Å². The lowest BCUT2D eigenvalue weighted by molar-refractivity contribution is -0.125. The summed E-state index contributed by atoms with van der Waals surface area (Å²) < 4.78 is 1.20. The van der Waals surface area contributed by atoms with Crippen LogP contribution in [0.5, 0.6) is 0 Å². The number of amides is 2. The highest BCUT2D eigenvalue weighted by atomic mass is 32.1. The number of aromatic nitrogens is 1. The zero-order valence-electron chi connectivity index (χ0n) is 18.2. The Labute approximate surface area is 192 Å². The van der Waals surface area contributed by atoms with Crippen molar-refractivity contribution in [3.63, 3.8) is 0 Å². The predicted molar refractivity (Wildman–Crippen MR) is 128 cm³/mol. The van der Waals surface area contributed by atoms with Gasteiger partial charge in [-0.2, -0.15) is 0 Å². The van der Waals surface area contributed by atoms with Crippen LogP contribution in [0, 0.1) is 5.92 Å². The third-order valence-electron chi connectivity index (χ3n) is 6.85. The third kappa shape index (κ3) is 4.29. The Morgan fingerprint density at radius 1 is 1.03 bits per heavy atom. The fourth-order valence-corrected chi connectivity index (χ4v) is 6.32. The molecule has 5 rings (SSSR count). The van der Waals surface area contributed by atoms with Gasteiger partial charge in [0, 0.05) is 24.6 Å². The highest BCUT2D eigenvalue weighted by molar-refractivity contribution is 7.18. The van der Waals surface area contributed by atoms with E-state index in [1.807, 2.05) is 53.4 Å². The summed E-state index contributed by atoms with van der Waals surface area (Å²) in [6, 6.07) is 17.4. The van der Waals surface area contributed by atoms with E-state index in [1.165, 1.54) is 11.1 Å². The number of hydrogen-bond acceptors (Lipinski definition) is 4. The average Bonchev–Trinajstić information content (AvgIpc) is 3.43. The van der Waals surface area contributed by atoms with E-state index in [-0.39, 0.29) is 23.9 Å². The molecule has 3 atom stereocenters. The molecule has 6 heteroatoms. The van der Waals surface area contributed by atoms with Crippen LogP contribution in [0.3, 0.4) is 0 Å². The molecule has 166 valence electrons. The summed E-state index contributed by atoms with van der Waals surface area (Å²) in [7, 11) is 0. The summed E-state index contributed by atoms with van der Waals surface area (Å²) in [5.41, 5.74) is 1.72. The van der Waals surface area contributed by atoms with Crippen LogP contribution in [0.1, 0.15) is 53.9 Å². The molecule has 1 aliphatic carbocycles. The van der Waals surface area contributed by atoms with Crippen molar-refractivity contribution in [1.82, 2.24) is 15.2 Å². The molecule has 0 radical (unpaired) electrons. The van der Waals surface area contributed by atoms with Crippen LogP contribution in [0.2, 0.25) is 0 Å².